The van der Waals surface area contributed by atoms with Crippen molar-refractivity contribution in [1.29, 1.82) is 0 Å². The predicted molar refractivity (Wildman–Crippen MR) is 106 cm³/mol. The summed E-state index contributed by atoms with van der Waals surface area (Å²) >= 11 is 5.70. The Labute approximate surface area is 177 Å². The van der Waals surface area contributed by atoms with Crippen LogP contribution in [0.5, 0.6) is 0 Å². The van der Waals surface area contributed by atoms with E-state index in [0.717, 1.165) is 18.2 Å². The van der Waals surface area contributed by atoms with E-state index in [2.05, 4.69) is 10.3 Å². The van der Waals surface area contributed by atoms with E-state index in [1.165, 1.54) is 13.1 Å². The van der Waals surface area contributed by atoms with Crippen molar-refractivity contribution in [3.63, 3.8) is 0 Å². The summed E-state index contributed by atoms with van der Waals surface area (Å²) in [6, 6.07) is 6.20. The van der Waals surface area contributed by atoms with Gasteiger partial charge in [-0.15, -0.1) is 0 Å². The molecule has 1 amide bonds. The number of carbonyl (C=O) groups is 1. The van der Waals surface area contributed by atoms with Crippen molar-refractivity contribution in [3.05, 3.63) is 64.2 Å². The number of hydrogen-bond acceptors (Lipinski definition) is 3. The number of benzene rings is 1. The van der Waals surface area contributed by atoms with Crippen LogP contribution in [0, 0.1) is 5.82 Å². The van der Waals surface area contributed by atoms with Crippen molar-refractivity contribution in [3.8, 4) is 0 Å². The molecule has 1 fully saturated rings. The van der Waals surface area contributed by atoms with Crippen molar-refractivity contribution < 1.29 is 21.8 Å². The van der Waals surface area contributed by atoms with Crippen LogP contribution in [-0.4, -0.2) is 41.0 Å². The molecule has 3 rings (SSSR count). The maximum Gasteiger partial charge on any atom is 0.253 e. The lowest BCUT2D eigenvalue weighted by molar-refractivity contribution is 0.0434. The topological polar surface area (TPSA) is 45.2 Å². The second-order valence-corrected chi connectivity index (χ2v) is 6.80. The maximum absolute atomic E-state index is 15.8. The Morgan fingerprint density at radius 3 is 2.96 bits per heavy atom. The molecule has 0 bridgehead atoms. The summed E-state index contributed by atoms with van der Waals surface area (Å²) in [5, 5.41) is 2.41. The Morgan fingerprint density at radius 2 is 2.29 bits per heavy atom. The quantitative estimate of drug-likeness (QED) is 0.773. The maximum atomic E-state index is 15.8. The second kappa shape index (κ2) is 8.97. The smallest absolute Gasteiger partial charge is 0.253 e. The van der Waals surface area contributed by atoms with Gasteiger partial charge in [0.15, 0.2) is 0 Å². The van der Waals surface area contributed by atoms with E-state index in [1.807, 2.05) is 0 Å². The minimum Gasteiger partial charge on any atom is -0.338 e. The van der Waals surface area contributed by atoms with Gasteiger partial charge in [-0.05, 0) is 36.2 Å². The summed E-state index contributed by atoms with van der Waals surface area (Å²) in [5.74, 6) is -1.69. The van der Waals surface area contributed by atoms with Crippen molar-refractivity contribution >= 4 is 17.5 Å². The highest BCUT2D eigenvalue weighted by Crippen LogP contribution is 2.27. The summed E-state index contributed by atoms with van der Waals surface area (Å²) in [5.41, 5.74) is -1.93. The Balaban J connectivity index is 1.71. The van der Waals surface area contributed by atoms with E-state index in [9.17, 15) is 9.18 Å². The number of rotatable bonds is 6. The molecule has 1 aliphatic heterocycles. The highest BCUT2D eigenvalue weighted by atomic mass is 35.5. The third-order valence-electron chi connectivity index (χ3n) is 4.34. The van der Waals surface area contributed by atoms with Crippen LogP contribution in [0.4, 0.5) is 8.78 Å². The molecule has 0 radical (unpaired) electrons. The number of likely N-dealkylation sites (tertiary alicyclic amines) is 1. The first-order valence-electron chi connectivity index (χ1n) is 11.7. The van der Waals surface area contributed by atoms with Crippen LogP contribution in [0.15, 0.2) is 36.5 Å². The molecule has 1 aromatic heterocycles. The van der Waals surface area contributed by atoms with E-state index in [4.69, 9.17) is 19.8 Å². The van der Waals surface area contributed by atoms with Crippen molar-refractivity contribution in [2.45, 2.75) is 38.3 Å². The molecule has 0 saturated carbocycles. The number of piperidine rings is 1. The Hall–Kier alpha value is -2.05. The number of hydrogen-bond donors (Lipinski definition) is 1. The third-order valence-corrected chi connectivity index (χ3v) is 4.63. The van der Waals surface area contributed by atoms with Crippen LogP contribution < -0.4 is 5.32 Å². The first kappa shape index (κ1) is 14.0. The first-order chi connectivity index (χ1) is 15.6. The minimum absolute atomic E-state index is 0.0501. The third kappa shape index (κ3) is 5.06. The monoisotopic (exact) mass is 413 g/mol. The van der Waals surface area contributed by atoms with E-state index in [-0.39, 0.29) is 17.1 Å². The molecule has 150 valence electrons. The number of amides is 1. The zero-order valence-corrected chi connectivity index (χ0v) is 16.0. The average Bonchev–Trinajstić information content (AvgIpc) is 2.72. The summed E-state index contributed by atoms with van der Waals surface area (Å²) in [6.07, 6.45) is -3.72. The summed E-state index contributed by atoms with van der Waals surface area (Å²) < 4.78 is 77.6. The molecule has 0 spiro atoms. The number of aromatic nitrogens is 1. The van der Waals surface area contributed by atoms with Crippen LogP contribution in [0.25, 0.3) is 0 Å². The standard InChI is InChI=1S/C21H24ClF2N3O/c1-2-15-3-5-17(26-12-15)13-25-14-21(24)7-9-27(10-8-21)20(28)16-4-6-19(23)18(22)11-16/h3-6,11-12,25H,2,7-10,13-14H2,1H3/i2D2,7D2,10D2. The van der Waals surface area contributed by atoms with Crippen molar-refractivity contribution in [2.75, 3.05) is 19.6 Å². The lowest BCUT2D eigenvalue weighted by Crippen LogP contribution is -2.48. The van der Waals surface area contributed by atoms with Gasteiger partial charge in [0.2, 0.25) is 0 Å². The van der Waals surface area contributed by atoms with Gasteiger partial charge < -0.3 is 10.2 Å². The molecule has 1 aliphatic rings. The van der Waals surface area contributed by atoms with Crippen LogP contribution in [0.3, 0.4) is 0 Å². The van der Waals surface area contributed by atoms with E-state index in [1.54, 1.807) is 12.1 Å². The van der Waals surface area contributed by atoms with E-state index >= 15 is 4.39 Å². The summed E-state index contributed by atoms with van der Waals surface area (Å²) in [6.45, 7) is -2.47. The van der Waals surface area contributed by atoms with Crippen molar-refractivity contribution in [1.82, 2.24) is 15.2 Å². The zero-order chi connectivity index (χ0) is 25.5. The molecule has 2 heterocycles. The predicted octanol–water partition coefficient (Wildman–Crippen LogP) is 4.17. The van der Waals surface area contributed by atoms with Gasteiger partial charge in [-0.2, -0.15) is 0 Å². The molecular formula is C21H24ClF2N3O. The number of carbonyl (C=O) groups excluding carboxylic acids is 1. The lowest BCUT2D eigenvalue weighted by atomic mass is 9.92. The molecule has 2 aromatic rings. The van der Waals surface area contributed by atoms with Crippen LogP contribution in [0.2, 0.25) is 5.02 Å². The number of halogens is 3. The number of pyridine rings is 1. The fraction of sp³-hybridized carbons (Fsp3) is 0.429. The van der Waals surface area contributed by atoms with Gasteiger partial charge >= 0.3 is 0 Å². The molecule has 1 aromatic carbocycles. The summed E-state index contributed by atoms with van der Waals surface area (Å²) in [7, 11) is 0. The second-order valence-electron chi connectivity index (χ2n) is 6.39. The van der Waals surface area contributed by atoms with Crippen molar-refractivity contribution in [2.24, 2.45) is 0 Å². The van der Waals surface area contributed by atoms with Gasteiger partial charge in [0.05, 0.1) is 10.7 Å². The Morgan fingerprint density at radius 1 is 1.46 bits per heavy atom. The molecule has 1 saturated heterocycles. The molecule has 1 atom stereocenters. The normalized spacial score (nSPS) is 26.9. The minimum atomic E-state index is -2.64. The highest BCUT2D eigenvalue weighted by molar-refractivity contribution is 6.31. The number of nitrogens with zero attached hydrogens (tertiary/aromatic N) is 2. The molecule has 1 unspecified atom stereocenters. The molecule has 4 nitrogen and oxygen atoms in total. The summed E-state index contributed by atoms with van der Waals surface area (Å²) in [4.78, 5) is 17.6. The SMILES string of the molecule is [2H]C([2H])(C)c1ccc(CNCC2(F)CC([2H])([2H])N(C(=O)c3ccc(F)c(Cl)c3)CC2([2H])[2H])nc1. The highest BCUT2D eigenvalue weighted by Gasteiger charge is 2.35. The first-order valence-corrected chi connectivity index (χ1v) is 9.06. The molecule has 1 N–H and O–H groups in total. The molecular weight excluding hydrogens is 384 g/mol. The van der Waals surface area contributed by atoms with Gasteiger partial charge in [0, 0.05) is 58.9 Å². The van der Waals surface area contributed by atoms with Gasteiger partial charge in [-0.25, -0.2) is 8.78 Å². The number of aryl methyl sites for hydroxylation is 1. The fourth-order valence-electron chi connectivity index (χ4n) is 2.68. The molecule has 0 aliphatic carbocycles. The fourth-order valence-corrected chi connectivity index (χ4v) is 2.86. The van der Waals surface area contributed by atoms with E-state index in [0.29, 0.717) is 16.2 Å². The van der Waals surface area contributed by atoms with Crippen LogP contribution in [0.1, 0.15) is 49.6 Å². The molecule has 28 heavy (non-hydrogen) atoms. The zero-order valence-electron chi connectivity index (χ0n) is 21.2. The van der Waals surface area contributed by atoms with Crippen LogP contribution >= 0.6 is 11.6 Å². The Kier molecular flexibility index (Phi) is 4.49. The number of alkyl halides is 1. The largest absolute Gasteiger partial charge is 0.338 e. The average molecular weight is 414 g/mol. The Bertz CT molecular complexity index is 1070. The van der Waals surface area contributed by atoms with Crippen LogP contribution in [-0.2, 0) is 12.9 Å². The van der Waals surface area contributed by atoms with Gasteiger partial charge in [0.1, 0.15) is 11.5 Å². The lowest BCUT2D eigenvalue weighted by Gasteiger charge is -2.36. The van der Waals surface area contributed by atoms with Gasteiger partial charge in [-0.3, -0.25) is 9.78 Å². The van der Waals surface area contributed by atoms with Gasteiger partial charge in [0.25, 0.3) is 5.91 Å². The van der Waals surface area contributed by atoms with E-state index < -0.39 is 56.1 Å². The molecule has 7 heteroatoms. The number of nitrogens with one attached hydrogen (secondary N) is 1. The van der Waals surface area contributed by atoms with Gasteiger partial charge in [-0.1, -0.05) is 24.6 Å².